The van der Waals surface area contributed by atoms with Gasteiger partial charge in [-0.15, -0.1) is 0 Å². The second-order valence-corrected chi connectivity index (χ2v) is 3.71. The second-order valence-electron chi connectivity index (χ2n) is 3.71. The van der Waals surface area contributed by atoms with Gasteiger partial charge in [-0.2, -0.15) is 0 Å². The molecule has 0 heterocycles. The van der Waals surface area contributed by atoms with Gasteiger partial charge in [0.05, 0.1) is 0 Å². The zero-order valence-electron chi connectivity index (χ0n) is 6.10. The third kappa shape index (κ3) is 0.678. The van der Waals surface area contributed by atoms with Gasteiger partial charge in [0.15, 0.2) is 0 Å². The topological polar surface area (TPSA) is 43.1 Å². The van der Waals surface area contributed by atoms with E-state index in [1.807, 2.05) is 0 Å². The van der Waals surface area contributed by atoms with Gasteiger partial charge >= 0.3 is 0 Å². The lowest BCUT2D eigenvalue weighted by Crippen LogP contribution is -2.26. The molecule has 2 saturated carbocycles. The average molecular weight is 139 g/mol. The van der Waals surface area contributed by atoms with Crippen LogP contribution in [-0.4, -0.2) is 5.91 Å². The van der Waals surface area contributed by atoms with Crippen LogP contribution in [-0.2, 0) is 4.79 Å². The highest BCUT2D eigenvalue weighted by atomic mass is 16.1. The van der Waals surface area contributed by atoms with Crippen molar-refractivity contribution in [3.63, 3.8) is 0 Å². The van der Waals surface area contributed by atoms with Gasteiger partial charge in [0.1, 0.15) is 0 Å². The Labute approximate surface area is 60.8 Å². The summed E-state index contributed by atoms with van der Waals surface area (Å²) in [6, 6.07) is 0. The normalized spacial score (nSPS) is 34.6. The van der Waals surface area contributed by atoms with Crippen molar-refractivity contribution in [1.82, 2.24) is 0 Å². The minimum absolute atomic E-state index is 0.0602. The second kappa shape index (κ2) is 1.74. The monoisotopic (exact) mass is 139 g/mol. The molecular weight excluding hydrogens is 126 g/mol. The van der Waals surface area contributed by atoms with Crippen LogP contribution >= 0.6 is 0 Å². The molecule has 2 N–H and O–H groups in total. The van der Waals surface area contributed by atoms with Crippen molar-refractivity contribution in [2.75, 3.05) is 0 Å². The van der Waals surface area contributed by atoms with Crippen molar-refractivity contribution in [2.45, 2.75) is 32.1 Å². The van der Waals surface area contributed by atoms with Crippen LogP contribution < -0.4 is 5.73 Å². The van der Waals surface area contributed by atoms with E-state index in [2.05, 4.69) is 0 Å². The zero-order chi connectivity index (χ0) is 7.19. The van der Waals surface area contributed by atoms with Crippen molar-refractivity contribution in [3.8, 4) is 0 Å². The fourth-order valence-corrected chi connectivity index (χ4v) is 2.34. The van der Waals surface area contributed by atoms with Gasteiger partial charge in [-0.1, -0.05) is 6.42 Å². The van der Waals surface area contributed by atoms with Gasteiger partial charge in [-0.05, 0) is 31.1 Å². The molecule has 0 bridgehead atoms. The molecule has 2 heteroatoms. The first-order valence-corrected chi connectivity index (χ1v) is 4.04. The van der Waals surface area contributed by atoms with Crippen molar-refractivity contribution >= 4 is 5.91 Å². The lowest BCUT2D eigenvalue weighted by Gasteiger charge is -2.12. The number of hydrogen-bond acceptors (Lipinski definition) is 1. The molecular formula is C8H13NO. The Balaban J connectivity index is 2.14. The molecule has 2 fully saturated rings. The maximum Gasteiger partial charge on any atom is 0.221 e. The quantitative estimate of drug-likeness (QED) is 0.579. The molecule has 2 aliphatic rings. The van der Waals surface area contributed by atoms with Crippen LogP contribution in [0.15, 0.2) is 0 Å². The molecule has 0 radical (unpaired) electrons. The summed E-state index contributed by atoms with van der Waals surface area (Å²) >= 11 is 0. The van der Waals surface area contributed by atoms with E-state index in [-0.39, 0.29) is 11.8 Å². The van der Waals surface area contributed by atoms with E-state index in [4.69, 9.17) is 5.73 Å². The van der Waals surface area contributed by atoms with Crippen molar-refractivity contribution in [1.29, 1.82) is 0 Å². The standard InChI is InChI=1S/C8H13NO/c9-7(10)6-2-1-3-8(6)4-5-8/h6H,1-5H2,(H2,9,10). The summed E-state index contributed by atoms with van der Waals surface area (Å²) < 4.78 is 0. The van der Waals surface area contributed by atoms with Gasteiger partial charge in [0.2, 0.25) is 5.91 Å². The lowest BCUT2D eigenvalue weighted by atomic mass is 9.92. The summed E-state index contributed by atoms with van der Waals surface area (Å²) in [6.07, 6.45) is 6.02. The SMILES string of the molecule is NC(=O)C1CCCC12CC2. The Hall–Kier alpha value is -0.530. The van der Waals surface area contributed by atoms with Gasteiger partial charge in [-0.3, -0.25) is 4.79 Å². The fraction of sp³-hybridized carbons (Fsp3) is 0.875. The summed E-state index contributed by atoms with van der Waals surface area (Å²) in [4.78, 5) is 10.9. The molecule has 1 amide bonds. The van der Waals surface area contributed by atoms with Crippen LogP contribution in [0.25, 0.3) is 0 Å². The molecule has 1 atom stereocenters. The first-order valence-electron chi connectivity index (χ1n) is 4.04. The summed E-state index contributed by atoms with van der Waals surface area (Å²) in [5.41, 5.74) is 5.68. The lowest BCUT2D eigenvalue weighted by molar-refractivity contribution is -0.123. The number of primary amides is 1. The number of hydrogen-bond donors (Lipinski definition) is 1. The van der Waals surface area contributed by atoms with Crippen molar-refractivity contribution in [3.05, 3.63) is 0 Å². The van der Waals surface area contributed by atoms with E-state index in [1.54, 1.807) is 0 Å². The zero-order valence-corrected chi connectivity index (χ0v) is 6.10. The minimum Gasteiger partial charge on any atom is -0.369 e. The first kappa shape index (κ1) is 6.20. The van der Waals surface area contributed by atoms with Crippen LogP contribution in [0.3, 0.4) is 0 Å². The van der Waals surface area contributed by atoms with Gasteiger partial charge in [0.25, 0.3) is 0 Å². The maximum absolute atomic E-state index is 10.9. The average Bonchev–Trinajstić information content (AvgIpc) is 2.42. The fourth-order valence-electron chi connectivity index (χ4n) is 2.34. The van der Waals surface area contributed by atoms with Crippen LogP contribution in [0.1, 0.15) is 32.1 Å². The minimum atomic E-state index is -0.0602. The van der Waals surface area contributed by atoms with Crippen molar-refractivity contribution in [2.24, 2.45) is 17.1 Å². The van der Waals surface area contributed by atoms with E-state index in [1.165, 1.54) is 25.7 Å². The molecule has 56 valence electrons. The molecule has 0 aliphatic heterocycles. The Morgan fingerprint density at radius 2 is 2.10 bits per heavy atom. The first-order chi connectivity index (χ1) is 4.75. The van der Waals surface area contributed by atoms with E-state index in [9.17, 15) is 4.79 Å². The highest BCUT2D eigenvalue weighted by Crippen LogP contribution is 2.61. The maximum atomic E-state index is 10.9. The molecule has 0 saturated heterocycles. The smallest absolute Gasteiger partial charge is 0.221 e. The van der Waals surface area contributed by atoms with Crippen molar-refractivity contribution < 1.29 is 4.79 Å². The summed E-state index contributed by atoms with van der Waals surface area (Å²) in [5.74, 6) is 0.169. The predicted molar refractivity (Wildman–Crippen MR) is 38.2 cm³/mol. The largest absolute Gasteiger partial charge is 0.369 e. The summed E-state index contributed by atoms with van der Waals surface area (Å²) in [5, 5.41) is 0. The molecule has 0 aromatic rings. The summed E-state index contributed by atoms with van der Waals surface area (Å²) in [6.45, 7) is 0. The molecule has 2 nitrogen and oxygen atoms in total. The Bertz CT molecular complexity index is 172. The summed E-state index contributed by atoms with van der Waals surface area (Å²) in [7, 11) is 0. The Kier molecular flexibility index (Phi) is 1.08. The Morgan fingerprint density at radius 3 is 2.50 bits per heavy atom. The molecule has 0 aromatic carbocycles. The predicted octanol–water partition coefficient (Wildman–Crippen LogP) is 1.05. The molecule has 2 rings (SSSR count). The molecule has 1 spiro atoms. The number of carbonyl (C=O) groups is 1. The van der Waals surface area contributed by atoms with E-state index in [0.717, 1.165) is 6.42 Å². The highest BCUT2D eigenvalue weighted by Gasteiger charge is 2.53. The molecule has 1 unspecified atom stereocenters. The third-order valence-electron chi connectivity index (χ3n) is 3.14. The highest BCUT2D eigenvalue weighted by molar-refractivity contribution is 5.78. The van der Waals surface area contributed by atoms with E-state index >= 15 is 0 Å². The van der Waals surface area contributed by atoms with Gasteiger partial charge in [0, 0.05) is 5.92 Å². The van der Waals surface area contributed by atoms with E-state index in [0.29, 0.717) is 5.41 Å². The molecule has 10 heavy (non-hydrogen) atoms. The molecule has 2 aliphatic carbocycles. The van der Waals surface area contributed by atoms with Crippen LogP contribution in [0.4, 0.5) is 0 Å². The molecule has 0 aromatic heterocycles. The van der Waals surface area contributed by atoms with Gasteiger partial charge in [-0.25, -0.2) is 0 Å². The third-order valence-corrected chi connectivity index (χ3v) is 3.14. The van der Waals surface area contributed by atoms with Crippen LogP contribution in [0.5, 0.6) is 0 Å². The number of amides is 1. The number of nitrogens with two attached hydrogens (primary N) is 1. The van der Waals surface area contributed by atoms with Gasteiger partial charge < -0.3 is 5.73 Å². The van der Waals surface area contributed by atoms with Crippen LogP contribution in [0, 0.1) is 11.3 Å². The number of carbonyl (C=O) groups excluding carboxylic acids is 1. The Morgan fingerprint density at radius 1 is 1.40 bits per heavy atom. The number of rotatable bonds is 1. The van der Waals surface area contributed by atoms with E-state index < -0.39 is 0 Å². The van der Waals surface area contributed by atoms with Crippen LogP contribution in [0.2, 0.25) is 0 Å².